The Bertz CT molecular complexity index is 1670. The maximum atomic E-state index is 13.9. The summed E-state index contributed by atoms with van der Waals surface area (Å²) in [6, 6.07) is 14.5. The Morgan fingerprint density at radius 3 is 2.56 bits per heavy atom. The first-order chi connectivity index (χ1) is 17.4. The highest BCUT2D eigenvalue weighted by molar-refractivity contribution is 7.92. The highest BCUT2D eigenvalue weighted by atomic mass is 32.2. The van der Waals surface area contributed by atoms with Crippen molar-refractivity contribution in [2.45, 2.75) is 4.90 Å². The minimum absolute atomic E-state index is 0.0585. The third-order valence-electron chi connectivity index (χ3n) is 5.50. The Hall–Kier alpha value is -4.51. The second kappa shape index (κ2) is 9.27. The fourth-order valence-electron chi connectivity index (χ4n) is 3.85. The predicted octanol–water partition coefficient (Wildman–Crippen LogP) is 4.91. The Kier molecular flexibility index (Phi) is 5.98. The number of methoxy groups -OCH3 is 2. The molecule has 5 aromatic rings. The summed E-state index contributed by atoms with van der Waals surface area (Å²) < 4.78 is 57.4. The molecule has 1 N–H and O–H groups in total. The Morgan fingerprint density at radius 2 is 1.81 bits per heavy atom. The van der Waals surface area contributed by atoms with Crippen molar-refractivity contribution in [3.8, 4) is 34.0 Å². The lowest BCUT2D eigenvalue weighted by atomic mass is 9.99. The molecule has 3 heterocycles. The molecule has 0 radical (unpaired) electrons. The maximum absolute atomic E-state index is 13.9. The van der Waals surface area contributed by atoms with Crippen LogP contribution in [0.5, 0.6) is 11.6 Å². The van der Waals surface area contributed by atoms with E-state index >= 15 is 0 Å². The van der Waals surface area contributed by atoms with Crippen LogP contribution in [0.15, 0.2) is 82.7 Å². The molecule has 5 rings (SSSR count). The second-order valence-corrected chi connectivity index (χ2v) is 9.34. The zero-order chi connectivity index (χ0) is 25.3. The van der Waals surface area contributed by atoms with Gasteiger partial charge in [0, 0.05) is 28.8 Å². The molecule has 0 saturated heterocycles. The quantitative estimate of drug-likeness (QED) is 0.331. The molecule has 0 saturated carbocycles. The summed E-state index contributed by atoms with van der Waals surface area (Å²) in [5.74, 6) is 0.361. The van der Waals surface area contributed by atoms with E-state index in [4.69, 9.17) is 9.47 Å². The minimum Gasteiger partial charge on any atom is -0.496 e. The summed E-state index contributed by atoms with van der Waals surface area (Å²) in [6.45, 7) is 0. The number of aromatic nitrogens is 3. The van der Waals surface area contributed by atoms with Gasteiger partial charge in [0.2, 0.25) is 5.88 Å². The Balaban J connectivity index is 1.57. The van der Waals surface area contributed by atoms with Gasteiger partial charge in [0.25, 0.3) is 10.0 Å². The molecule has 0 aliphatic heterocycles. The monoisotopic (exact) mass is 506 g/mol. The van der Waals surface area contributed by atoms with Crippen LogP contribution in [0.4, 0.5) is 10.2 Å². The molecule has 0 amide bonds. The number of nitrogens with one attached hydrogen (secondary N) is 1. The van der Waals surface area contributed by atoms with E-state index < -0.39 is 15.8 Å². The molecular weight excluding hydrogens is 487 g/mol. The van der Waals surface area contributed by atoms with Crippen molar-refractivity contribution in [1.82, 2.24) is 15.1 Å². The maximum Gasteiger partial charge on any atom is 0.263 e. The van der Waals surface area contributed by atoms with Crippen molar-refractivity contribution in [2.24, 2.45) is 0 Å². The van der Waals surface area contributed by atoms with Gasteiger partial charge in [0.15, 0.2) is 5.82 Å². The van der Waals surface area contributed by atoms with Crippen LogP contribution in [-0.2, 0) is 10.0 Å². The largest absolute Gasteiger partial charge is 0.496 e. The van der Waals surface area contributed by atoms with Crippen LogP contribution in [0, 0.1) is 5.82 Å². The van der Waals surface area contributed by atoms with E-state index in [1.54, 1.807) is 42.6 Å². The predicted molar refractivity (Wildman–Crippen MR) is 131 cm³/mol. The molecule has 2 aromatic carbocycles. The fraction of sp³-hybridized carbons (Fsp3) is 0.0800. The van der Waals surface area contributed by atoms with E-state index in [1.165, 1.54) is 38.7 Å². The van der Waals surface area contributed by atoms with Gasteiger partial charge in [-0.3, -0.25) is 9.71 Å². The van der Waals surface area contributed by atoms with Crippen molar-refractivity contribution in [2.75, 3.05) is 18.9 Å². The lowest BCUT2D eigenvalue weighted by Crippen LogP contribution is -2.13. The summed E-state index contributed by atoms with van der Waals surface area (Å²) in [6.07, 6.45) is 3.95. The average Bonchev–Trinajstić information content (AvgIpc) is 3.40. The van der Waals surface area contributed by atoms with E-state index in [0.29, 0.717) is 38.9 Å². The molecular formula is C25H19FN4O5S. The van der Waals surface area contributed by atoms with Crippen molar-refractivity contribution in [3.63, 3.8) is 0 Å². The first kappa shape index (κ1) is 23.2. The van der Waals surface area contributed by atoms with Gasteiger partial charge in [-0.25, -0.2) is 17.8 Å². The zero-order valence-electron chi connectivity index (χ0n) is 19.1. The zero-order valence-corrected chi connectivity index (χ0v) is 19.9. The number of sulfonamides is 1. The number of anilines is 1. The molecule has 3 aromatic heterocycles. The number of ether oxygens (including phenoxy) is 2. The normalized spacial score (nSPS) is 11.4. The molecule has 0 aliphatic rings. The van der Waals surface area contributed by atoms with Gasteiger partial charge in [0.1, 0.15) is 17.8 Å². The van der Waals surface area contributed by atoms with Gasteiger partial charge in [0.05, 0.1) is 31.0 Å². The highest BCUT2D eigenvalue weighted by Gasteiger charge is 2.19. The van der Waals surface area contributed by atoms with Gasteiger partial charge in [-0.1, -0.05) is 17.3 Å². The number of hydrogen-bond acceptors (Lipinski definition) is 8. The van der Waals surface area contributed by atoms with Crippen LogP contribution in [-0.4, -0.2) is 37.8 Å². The van der Waals surface area contributed by atoms with E-state index in [1.807, 2.05) is 0 Å². The topological polar surface area (TPSA) is 116 Å². The lowest BCUT2D eigenvalue weighted by Gasteiger charge is -2.14. The molecule has 36 heavy (non-hydrogen) atoms. The fourth-order valence-corrected chi connectivity index (χ4v) is 4.88. The van der Waals surface area contributed by atoms with Crippen molar-refractivity contribution < 1.29 is 26.8 Å². The summed E-state index contributed by atoms with van der Waals surface area (Å²) in [5.41, 5.74) is 2.38. The molecule has 0 unspecified atom stereocenters. The number of rotatable bonds is 7. The minimum atomic E-state index is -3.88. The summed E-state index contributed by atoms with van der Waals surface area (Å²) in [4.78, 5) is 8.57. The number of pyridine rings is 2. The number of hydrogen-bond donors (Lipinski definition) is 1. The molecule has 9 nitrogen and oxygen atoms in total. The standard InChI is InChI=1S/C25H19FN4O5S/c1-33-22-12-15(21-13-17(26)14-28-25(21)34-2)3-5-20(22)24-19-6-4-18(11-16(19)7-9-27-24)36(31,32)30-23-8-10-35-29-23/h3-14H,1-2H3,(H,29,30). The Labute approximate surface area is 205 Å². The van der Waals surface area contributed by atoms with E-state index in [0.717, 1.165) is 6.20 Å². The first-order valence-corrected chi connectivity index (χ1v) is 12.1. The third kappa shape index (κ3) is 4.31. The molecule has 11 heteroatoms. The highest BCUT2D eigenvalue weighted by Crippen LogP contribution is 2.38. The van der Waals surface area contributed by atoms with Crippen LogP contribution < -0.4 is 14.2 Å². The van der Waals surface area contributed by atoms with Crippen molar-refractivity contribution >= 4 is 26.6 Å². The summed E-state index contributed by atoms with van der Waals surface area (Å²) in [7, 11) is -0.891. The number of benzene rings is 2. The van der Waals surface area contributed by atoms with Crippen LogP contribution >= 0.6 is 0 Å². The van der Waals surface area contributed by atoms with Crippen LogP contribution in [0.2, 0.25) is 0 Å². The third-order valence-corrected chi connectivity index (χ3v) is 6.85. The molecule has 0 atom stereocenters. The molecule has 182 valence electrons. The SMILES string of the molecule is COc1cc(-c2cc(F)cnc2OC)ccc1-c1nccc2cc(S(=O)(=O)Nc3ccon3)ccc12. The lowest BCUT2D eigenvalue weighted by molar-refractivity contribution is 0.397. The van der Waals surface area contributed by atoms with Crippen LogP contribution in [0.25, 0.3) is 33.2 Å². The Morgan fingerprint density at radius 1 is 0.944 bits per heavy atom. The van der Waals surface area contributed by atoms with Crippen molar-refractivity contribution in [3.05, 3.63) is 79.1 Å². The summed E-state index contributed by atoms with van der Waals surface area (Å²) in [5, 5.41) is 4.96. The van der Waals surface area contributed by atoms with E-state index in [-0.39, 0.29) is 16.6 Å². The first-order valence-electron chi connectivity index (χ1n) is 10.6. The number of halogens is 1. The smallest absolute Gasteiger partial charge is 0.263 e. The summed E-state index contributed by atoms with van der Waals surface area (Å²) >= 11 is 0. The molecule has 0 spiro atoms. The number of fused-ring (bicyclic) bond motifs is 1. The van der Waals surface area contributed by atoms with E-state index in [9.17, 15) is 12.8 Å². The second-order valence-electron chi connectivity index (χ2n) is 7.66. The van der Waals surface area contributed by atoms with Gasteiger partial charge >= 0.3 is 0 Å². The van der Waals surface area contributed by atoms with Crippen LogP contribution in [0.1, 0.15) is 0 Å². The van der Waals surface area contributed by atoms with Gasteiger partial charge in [-0.2, -0.15) is 0 Å². The molecule has 0 bridgehead atoms. The van der Waals surface area contributed by atoms with Gasteiger partial charge < -0.3 is 14.0 Å². The van der Waals surface area contributed by atoms with Gasteiger partial charge in [-0.05, 0) is 47.3 Å². The van der Waals surface area contributed by atoms with Crippen molar-refractivity contribution in [1.29, 1.82) is 0 Å². The van der Waals surface area contributed by atoms with Crippen LogP contribution in [0.3, 0.4) is 0 Å². The van der Waals surface area contributed by atoms with Gasteiger partial charge in [-0.15, -0.1) is 0 Å². The molecule has 0 aliphatic carbocycles. The number of nitrogens with zero attached hydrogens (tertiary/aromatic N) is 3. The van der Waals surface area contributed by atoms with E-state index in [2.05, 4.69) is 24.4 Å². The molecule has 0 fully saturated rings. The average molecular weight is 507 g/mol.